The summed E-state index contributed by atoms with van der Waals surface area (Å²) in [5, 5.41) is 14.6. The fourth-order valence-electron chi connectivity index (χ4n) is 2.49. The predicted octanol–water partition coefficient (Wildman–Crippen LogP) is 2.75. The van der Waals surface area contributed by atoms with Gasteiger partial charge >= 0.3 is 0 Å². The largest absolute Gasteiger partial charge is 0.506 e. The zero-order chi connectivity index (χ0) is 17.8. The molecule has 25 heavy (non-hydrogen) atoms. The van der Waals surface area contributed by atoms with Gasteiger partial charge in [0.2, 0.25) is 0 Å². The third-order valence-electron chi connectivity index (χ3n) is 3.73. The maximum atomic E-state index is 12.2. The maximum absolute atomic E-state index is 12.2. The second-order valence-corrected chi connectivity index (χ2v) is 7.04. The number of nitrogens with one attached hydrogen (secondary N) is 1. The molecule has 3 aromatic rings. The second kappa shape index (κ2) is 7.58. The van der Waals surface area contributed by atoms with Crippen molar-refractivity contribution < 1.29 is 9.90 Å². The Morgan fingerprint density at radius 3 is 2.96 bits per heavy atom. The number of aromatic nitrogens is 2. The normalized spacial score (nSPS) is 11.2. The van der Waals surface area contributed by atoms with Gasteiger partial charge in [0.05, 0.1) is 6.20 Å². The molecule has 2 N–H and O–H groups in total. The van der Waals surface area contributed by atoms with Gasteiger partial charge in [-0.15, -0.1) is 11.3 Å². The number of amides is 1. The van der Waals surface area contributed by atoms with Crippen LogP contribution < -0.4 is 5.32 Å². The van der Waals surface area contributed by atoms with E-state index in [1.54, 1.807) is 18.5 Å². The van der Waals surface area contributed by atoms with Gasteiger partial charge in [-0.05, 0) is 45.3 Å². The van der Waals surface area contributed by atoms with Gasteiger partial charge in [-0.2, -0.15) is 0 Å². The molecule has 7 heteroatoms. The molecule has 0 saturated carbocycles. The summed E-state index contributed by atoms with van der Waals surface area (Å²) >= 11 is 1.31. The zero-order valence-corrected chi connectivity index (χ0v) is 15.0. The Balaban J connectivity index is 1.74. The summed E-state index contributed by atoms with van der Waals surface area (Å²) in [7, 11) is 4.01. The van der Waals surface area contributed by atoms with Gasteiger partial charge < -0.3 is 15.3 Å². The van der Waals surface area contributed by atoms with Crippen LogP contribution in [0.15, 0.2) is 36.7 Å². The summed E-state index contributed by atoms with van der Waals surface area (Å²) in [5.41, 5.74) is 1.33. The standard InChI is InChI=1S/C18H20N4O2S/c1-22(2)8-4-7-20-17(24)15-11-21-18(25-15)13-9-12-5-3-6-19-16(12)14(23)10-13/h3,5-6,9-11,23H,4,7-8H2,1-2H3,(H,20,24). The Hall–Kier alpha value is -2.51. The molecule has 0 fully saturated rings. The highest BCUT2D eigenvalue weighted by atomic mass is 32.1. The molecule has 0 unspecified atom stereocenters. The molecular formula is C18H20N4O2S. The van der Waals surface area contributed by atoms with E-state index in [1.807, 2.05) is 32.3 Å². The van der Waals surface area contributed by atoms with Crippen LogP contribution in [-0.4, -0.2) is 53.1 Å². The Bertz CT molecular complexity index is 892. The second-order valence-electron chi connectivity index (χ2n) is 6.01. The fraction of sp³-hybridized carbons (Fsp3) is 0.278. The average Bonchev–Trinajstić information content (AvgIpc) is 3.08. The summed E-state index contributed by atoms with van der Waals surface area (Å²) in [6.45, 7) is 1.56. The van der Waals surface area contributed by atoms with Crippen LogP contribution in [0.25, 0.3) is 21.5 Å². The number of hydrogen-bond acceptors (Lipinski definition) is 6. The lowest BCUT2D eigenvalue weighted by molar-refractivity contribution is 0.0956. The van der Waals surface area contributed by atoms with Crippen molar-refractivity contribution in [1.82, 2.24) is 20.2 Å². The molecule has 1 amide bonds. The maximum Gasteiger partial charge on any atom is 0.263 e. The Morgan fingerprint density at radius 2 is 2.16 bits per heavy atom. The van der Waals surface area contributed by atoms with E-state index >= 15 is 0 Å². The van der Waals surface area contributed by atoms with Crippen LogP contribution in [0.4, 0.5) is 0 Å². The molecule has 2 aromatic heterocycles. The van der Waals surface area contributed by atoms with Crippen LogP contribution in [0.2, 0.25) is 0 Å². The van der Waals surface area contributed by atoms with Crippen molar-refractivity contribution in [3.8, 4) is 16.3 Å². The van der Waals surface area contributed by atoms with E-state index in [0.717, 1.165) is 23.9 Å². The predicted molar refractivity (Wildman–Crippen MR) is 100 cm³/mol. The van der Waals surface area contributed by atoms with E-state index in [2.05, 4.69) is 20.2 Å². The minimum Gasteiger partial charge on any atom is -0.506 e. The first kappa shape index (κ1) is 17.3. The van der Waals surface area contributed by atoms with Crippen LogP contribution in [0, 0.1) is 0 Å². The molecular weight excluding hydrogens is 336 g/mol. The third-order valence-corrected chi connectivity index (χ3v) is 4.77. The Kier molecular flexibility index (Phi) is 5.25. The van der Waals surface area contributed by atoms with E-state index < -0.39 is 0 Å². The molecule has 0 radical (unpaired) electrons. The fourth-order valence-corrected chi connectivity index (χ4v) is 3.31. The molecule has 130 valence electrons. The molecule has 6 nitrogen and oxygen atoms in total. The Labute approximate surface area is 150 Å². The zero-order valence-electron chi connectivity index (χ0n) is 14.2. The van der Waals surface area contributed by atoms with E-state index in [-0.39, 0.29) is 11.7 Å². The minimum atomic E-state index is -0.116. The highest BCUT2D eigenvalue weighted by molar-refractivity contribution is 7.16. The molecule has 2 heterocycles. The summed E-state index contributed by atoms with van der Waals surface area (Å²) in [6.07, 6.45) is 4.12. The first-order valence-corrected chi connectivity index (χ1v) is 8.83. The monoisotopic (exact) mass is 356 g/mol. The molecule has 0 aliphatic heterocycles. The molecule has 0 bridgehead atoms. The topological polar surface area (TPSA) is 78.4 Å². The number of rotatable bonds is 6. The number of carbonyl (C=O) groups is 1. The average molecular weight is 356 g/mol. The van der Waals surface area contributed by atoms with Crippen molar-refractivity contribution in [2.75, 3.05) is 27.2 Å². The number of phenols is 1. The number of aromatic hydroxyl groups is 1. The van der Waals surface area contributed by atoms with Crippen LogP contribution in [0.1, 0.15) is 16.1 Å². The van der Waals surface area contributed by atoms with Crippen LogP contribution >= 0.6 is 11.3 Å². The van der Waals surface area contributed by atoms with E-state index in [0.29, 0.717) is 21.9 Å². The lowest BCUT2D eigenvalue weighted by atomic mass is 10.1. The molecule has 0 spiro atoms. The summed E-state index contributed by atoms with van der Waals surface area (Å²) in [4.78, 5) is 23.3. The lowest BCUT2D eigenvalue weighted by Crippen LogP contribution is -2.26. The number of fused-ring (bicyclic) bond motifs is 1. The number of benzene rings is 1. The van der Waals surface area contributed by atoms with Crippen molar-refractivity contribution in [3.63, 3.8) is 0 Å². The first-order chi connectivity index (χ1) is 12.0. The number of carbonyl (C=O) groups excluding carboxylic acids is 1. The molecule has 0 aliphatic rings. The molecule has 1 aromatic carbocycles. The third kappa shape index (κ3) is 4.12. The highest BCUT2D eigenvalue weighted by Crippen LogP contribution is 2.32. The number of thiazole rings is 1. The summed E-state index contributed by atoms with van der Waals surface area (Å²) in [6, 6.07) is 7.25. The molecule has 0 atom stereocenters. The first-order valence-electron chi connectivity index (χ1n) is 8.01. The summed E-state index contributed by atoms with van der Waals surface area (Å²) in [5.74, 6) is -0.00725. The van der Waals surface area contributed by atoms with E-state index in [9.17, 15) is 9.90 Å². The Morgan fingerprint density at radius 1 is 1.32 bits per heavy atom. The van der Waals surface area contributed by atoms with E-state index in [4.69, 9.17) is 0 Å². The molecule has 3 rings (SSSR count). The van der Waals surface area contributed by atoms with Crippen molar-refractivity contribution in [2.45, 2.75) is 6.42 Å². The van der Waals surface area contributed by atoms with Gasteiger partial charge in [0.15, 0.2) is 0 Å². The SMILES string of the molecule is CN(C)CCCNC(=O)c1cnc(-c2cc(O)c3ncccc3c2)s1. The van der Waals surface area contributed by atoms with Gasteiger partial charge in [0.1, 0.15) is 21.2 Å². The van der Waals surface area contributed by atoms with Crippen LogP contribution in [0.3, 0.4) is 0 Å². The quantitative estimate of drug-likeness (QED) is 0.664. The molecule has 0 aliphatic carbocycles. The van der Waals surface area contributed by atoms with Gasteiger partial charge in [0.25, 0.3) is 5.91 Å². The van der Waals surface area contributed by atoms with Crippen molar-refractivity contribution in [1.29, 1.82) is 0 Å². The molecule has 0 saturated heterocycles. The van der Waals surface area contributed by atoms with Crippen LogP contribution in [-0.2, 0) is 0 Å². The van der Waals surface area contributed by atoms with Crippen molar-refractivity contribution in [2.24, 2.45) is 0 Å². The number of phenolic OH excluding ortho intramolecular Hbond substituents is 1. The smallest absolute Gasteiger partial charge is 0.263 e. The van der Waals surface area contributed by atoms with Gasteiger partial charge in [-0.25, -0.2) is 4.98 Å². The number of pyridine rings is 1. The van der Waals surface area contributed by atoms with Crippen molar-refractivity contribution >= 4 is 28.1 Å². The van der Waals surface area contributed by atoms with Gasteiger partial charge in [0, 0.05) is 23.7 Å². The minimum absolute atomic E-state index is 0.109. The lowest BCUT2D eigenvalue weighted by Gasteiger charge is -2.09. The number of nitrogens with zero attached hydrogens (tertiary/aromatic N) is 3. The van der Waals surface area contributed by atoms with Gasteiger partial charge in [-0.1, -0.05) is 6.07 Å². The van der Waals surface area contributed by atoms with Gasteiger partial charge in [-0.3, -0.25) is 9.78 Å². The van der Waals surface area contributed by atoms with Crippen molar-refractivity contribution in [3.05, 3.63) is 41.5 Å². The van der Waals surface area contributed by atoms with E-state index in [1.165, 1.54) is 11.3 Å². The highest BCUT2D eigenvalue weighted by Gasteiger charge is 2.13. The summed E-state index contributed by atoms with van der Waals surface area (Å²) < 4.78 is 0. The van der Waals surface area contributed by atoms with Crippen LogP contribution in [0.5, 0.6) is 5.75 Å². The number of hydrogen-bond donors (Lipinski definition) is 2.